The Hall–Kier alpha value is -2.33. The lowest BCUT2D eigenvalue weighted by Gasteiger charge is -2.26. The highest BCUT2D eigenvalue weighted by Crippen LogP contribution is 2.40. The molecule has 0 aromatic heterocycles. The number of aliphatic carboxylic acids is 1. The molecule has 2 aromatic carbocycles. The highest BCUT2D eigenvalue weighted by molar-refractivity contribution is 5.77. The first-order valence-corrected chi connectivity index (χ1v) is 8.60. The first-order chi connectivity index (χ1) is 11.7. The number of carbonyl (C=O) groups is 1. The molecule has 3 unspecified atom stereocenters. The summed E-state index contributed by atoms with van der Waals surface area (Å²) >= 11 is 0. The van der Waals surface area contributed by atoms with E-state index in [0.717, 1.165) is 30.6 Å². The van der Waals surface area contributed by atoms with E-state index in [4.69, 9.17) is 0 Å². The van der Waals surface area contributed by atoms with Gasteiger partial charge in [0.25, 0.3) is 0 Å². The second kappa shape index (κ2) is 6.29. The van der Waals surface area contributed by atoms with Crippen LogP contribution in [0.3, 0.4) is 0 Å². The zero-order valence-corrected chi connectivity index (χ0v) is 13.5. The summed E-state index contributed by atoms with van der Waals surface area (Å²) in [5.74, 6) is -0.823. The average molecular weight is 322 g/mol. The van der Waals surface area contributed by atoms with Crippen molar-refractivity contribution in [2.75, 3.05) is 18.4 Å². The first kappa shape index (κ1) is 15.2. The summed E-state index contributed by atoms with van der Waals surface area (Å²) in [7, 11) is 0. The molecule has 4 rings (SSSR count). The van der Waals surface area contributed by atoms with Gasteiger partial charge in [-0.25, -0.2) is 0 Å². The SMILES string of the molecule is O=C(O)C(Cc1ccccc1)c1ccc2c(c1)C1CNCCC1N2. The summed E-state index contributed by atoms with van der Waals surface area (Å²) < 4.78 is 0. The molecule has 2 aliphatic rings. The number of anilines is 1. The second-order valence-electron chi connectivity index (χ2n) is 6.78. The molecule has 2 aromatic rings. The van der Waals surface area contributed by atoms with E-state index in [2.05, 4.69) is 22.8 Å². The summed E-state index contributed by atoms with van der Waals surface area (Å²) in [5, 5.41) is 16.8. The zero-order chi connectivity index (χ0) is 16.5. The molecular weight excluding hydrogens is 300 g/mol. The minimum absolute atomic E-state index is 0.444. The van der Waals surface area contributed by atoms with Gasteiger partial charge < -0.3 is 15.7 Å². The molecule has 2 aliphatic heterocycles. The molecule has 0 bridgehead atoms. The average Bonchev–Trinajstić information content (AvgIpc) is 2.98. The molecule has 1 saturated heterocycles. The second-order valence-corrected chi connectivity index (χ2v) is 6.78. The van der Waals surface area contributed by atoms with Gasteiger partial charge in [-0.2, -0.15) is 0 Å². The number of carboxylic acid groups (broad SMARTS) is 1. The minimum atomic E-state index is -0.761. The van der Waals surface area contributed by atoms with Crippen molar-refractivity contribution in [3.63, 3.8) is 0 Å². The van der Waals surface area contributed by atoms with Crippen molar-refractivity contribution in [2.45, 2.75) is 30.7 Å². The Labute approximate surface area is 141 Å². The molecule has 3 atom stereocenters. The Morgan fingerprint density at radius 1 is 1.21 bits per heavy atom. The van der Waals surface area contributed by atoms with Crippen molar-refractivity contribution in [1.82, 2.24) is 5.32 Å². The molecule has 0 saturated carbocycles. The van der Waals surface area contributed by atoms with E-state index in [1.165, 1.54) is 11.3 Å². The topological polar surface area (TPSA) is 61.4 Å². The molecule has 1 fully saturated rings. The van der Waals surface area contributed by atoms with Gasteiger partial charge in [0, 0.05) is 24.2 Å². The van der Waals surface area contributed by atoms with Crippen molar-refractivity contribution in [2.24, 2.45) is 0 Å². The highest BCUT2D eigenvalue weighted by atomic mass is 16.4. The molecule has 0 radical (unpaired) electrons. The van der Waals surface area contributed by atoms with Gasteiger partial charge >= 0.3 is 5.97 Å². The lowest BCUT2D eigenvalue weighted by Crippen LogP contribution is -2.38. The van der Waals surface area contributed by atoms with Crippen molar-refractivity contribution in [3.05, 3.63) is 65.2 Å². The van der Waals surface area contributed by atoms with Crippen LogP contribution in [0.15, 0.2) is 48.5 Å². The van der Waals surface area contributed by atoms with Gasteiger partial charge in [0.2, 0.25) is 0 Å². The van der Waals surface area contributed by atoms with Crippen LogP contribution in [0.5, 0.6) is 0 Å². The van der Waals surface area contributed by atoms with Crippen LogP contribution in [-0.2, 0) is 11.2 Å². The van der Waals surface area contributed by atoms with Crippen molar-refractivity contribution >= 4 is 11.7 Å². The first-order valence-electron chi connectivity index (χ1n) is 8.60. The smallest absolute Gasteiger partial charge is 0.311 e. The Balaban J connectivity index is 1.64. The normalized spacial score (nSPS) is 23.0. The third-order valence-electron chi connectivity index (χ3n) is 5.28. The number of hydrogen-bond acceptors (Lipinski definition) is 3. The Morgan fingerprint density at radius 3 is 2.83 bits per heavy atom. The Bertz CT molecular complexity index is 745. The Morgan fingerprint density at radius 2 is 2.04 bits per heavy atom. The molecule has 0 aliphatic carbocycles. The van der Waals surface area contributed by atoms with Crippen LogP contribution < -0.4 is 10.6 Å². The number of hydrogen-bond donors (Lipinski definition) is 3. The van der Waals surface area contributed by atoms with Crippen LogP contribution in [0.1, 0.15) is 34.9 Å². The summed E-state index contributed by atoms with van der Waals surface area (Å²) in [4.78, 5) is 11.9. The summed E-state index contributed by atoms with van der Waals surface area (Å²) in [5.41, 5.74) is 4.39. The van der Waals surface area contributed by atoms with Crippen LogP contribution in [-0.4, -0.2) is 30.2 Å². The number of fused-ring (bicyclic) bond motifs is 3. The summed E-state index contributed by atoms with van der Waals surface area (Å²) in [6.07, 6.45) is 1.63. The molecular formula is C20H22N2O2. The lowest BCUT2D eigenvalue weighted by atomic mass is 9.86. The molecule has 24 heavy (non-hydrogen) atoms. The van der Waals surface area contributed by atoms with Gasteiger partial charge in [0.15, 0.2) is 0 Å². The maximum absolute atomic E-state index is 11.9. The third kappa shape index (κ3) is 2.78. The number of rotatable bonds is 4. The van der Waals surface area contributed by atoms with Gasteiger partial charge in [0.1, 0.15) is 0 Å². The largest absolute Gasteiger partial charge is 0.481 e. The number of carboxylic acids is 1. The summed E-state index contributed by atoms with van der Waals surface area (Å²) in [6, 6.07) is 16.5. The molecule has 4 nitrogen and oxygen atoms in total. The van der Waals surface area contributed by atoms with Crippen LogP contribution in [0, 0.1) is 0 Å². The fourth-order valence-electron chi connectivity index (χ4n) is 3.99. The highest BCUT2D eigenvalue weighted by Gasteiger charge is 2.34. The van der Waals surface area contributed by atoms with Crippen molar-refractivity contribution in [3.8, 4) is 0 Å². The van der Waals surface area contributed by atoms with E-state index >= 15 is 0 Å². The van der Waals surface area contributed by atoms with Crippen LogP contribution in [0.2, 0.25) is 0 Å². The molecule has 2 heterocycles. The van der Waals surface area contributed by atoms with E-state index in [9.17, 15) is 9.90 Å². The fourth-order valence-corrected chi connectivity index (χ4v) is 3.99. The van der Waals surface area contributed by atoms with E-state index in [-0.39, 0.29) is 0 Å². The third-order valence-corrected chi connectivity index (χ3v) is 5.28. The number of benzene rings is 2. The standard InChI is InChI=1S/C20H22N2O2/c23-20(24)15(10-13-4-2-1-3-5-13)14-6-7-18-16(11-14)17-12-21-9-8-19(17)22-18/h1-7,11,15,17,19,21-22H,8-10,12H2,(H,23,24). The van der Waals surface area contributed by atoms with Gasteiger partial charge in [-0.05, 0) is 42.1 Å². The maximum Gasteiger partial charge on any atom is 0.311 e. The molecule has 0 spiro atoms. The van der Waals surface area contributed by atoms with Gasteiger partial charge in [0.05, 0.1) is 5.92 Å². The lowest BCUT2D eigenvalue weighted by molar-refractivity contribution is -0.138. The predicted molar refractivity (Wildman–Crippen MR) is 94.6 cm³/mol. The van der Waals surface area contributed by atoms with Crippen LogP contribution in [0.25, 0.3) is 0 Å². The number of piperidine rings is 1. The van der Waals surface area contributed by atoms with E-state index in [1.54, 1.807) is 0 Å². The van der Waals surface area contributed by atoms with Crippen molar-refractivity contribution < 1.29 is 9.90 Å². The fraction of sp³-hybridized carbons (Fsp3) is 0.350. The van der Waals surface area contributed by atoms with Crippen LogP contribution >= 0.6 is 0 Å². The molecule has 124 valence electrons. The van der Waals surface area contributed by atoms with E-state index in [1.807, 2.05) is 36.4 Å². The van der Waals surface area contributed by atoms with E-state index < -0.39 is 11.9 Å². The summed E-state index contributed by atoms with van der Waals surface area (Å²) in [6.45, 7) is 2.01. The van der Waals surface area contributed by atoms with Gasteiger partial charge in [-0.3, -0.25) is 4.79 Å². The zero-order valence-electron chi connectivity index (χ0n) is 13.5. The maximum atomic E-state index is 11.9. The number of nitrogens with one attached hydrogen (secondary N) is 2. The minimum Gasteiger partial charge on any atom is -0.481 e. The van der Waals surface area contributed by atoms with E-state index in [0.29, 0.717) is 18.4 Å². The predicted octanol–water partition coefficient (Wildman–Crippen LogP) is 2.97. The van der Waals surface area contributed by atoms with Crippen molar-refractivity contribution in [1.29, 1.82) is 0 Å². The quantitative estimate of drug-likeness (QED) is 0.810. The molecule has 3 N–H and O–H groups in total. The Kier molecular flexibility index (Phi) is 3.98. The molecule has 4 heteroatoms. The van der Waals surface area contributed by atoms with Crippen LogP contribution in [0.4, 0.5) is 5.69 Å². The van der Waals surface area contributed by atoms with Gasteiger partial charge in [-0.1, -0.05) is 42.5 Å². The molecule has 0 amide bonds. The monoisotopic (exact) mass is 322 g/mol. The van der Waals surface area contributed by atoms with Gasteiger partial charge in [-0.15, -0.1) is 0 Å².